The molecule has 0 aliphatic carbocycles. The molecule has 3 aromatic carbocycles. The first-order chi connectivity index (χ1) is 13.2. The minimum absolute atomic E-state index is 0.831. The Morgan fingerprint density at radius 2 is 1.48 bits per heavy atom. The van der Waals surface area contributed by atoms with Crippen molar-refractivity contribution in [1.29, 1.82) is 0 Å². The van der Waals surface area contributed by atoms with E-state index in [1.807, 2.05) is 24.3 Å². The average Bonchev–Trinajstić information content (AvgIpc) is 2.70. The van der Waals surface area contributed by atoms with Crippen LogP contribution in [-0.4, -0.2) is 0 Å². The maximum Gasteiger partial charge on any atom is 0.127 e. The van der Waals surface area contributed by atoms with E-state index >= 15 is 0 Å². The van der Waals surface area contributed by atoms with E-state index in [0.29, 0.717) is 0 Å². The van der Waals surface area contributed by atoms with Crippen molar-refractivity contribution in [2.24, 2.45) is 5.92 Å². The summed E-state index contributed by atoms with van der Waals surface area (Å²) in [5, 5.41) is 0. The van der Waals surface area contributed by atoms with Crippen LogP contribution in [0.25, 0.3) is 11.1 Å². The van der Waals surface area contributed by atoms with Crippen LogP contribution in [0.4, 0.5) is 0 Å². The minimum atomic E-state index is 0.831. The molecule has 3 rings (SSSR count). The number of benzene rings is 3. The van der Waals surface area contributed by atoms with Gasteiger partial charge in [0.2, 0.25) is 0 Å². The maximum atomic E-state index is 6.08. The molecule has 0 saturated heterocycles. The lowest BCUT2D eigenvalue weighted by Crippen LogP contribution is -1.95. The molecule has 3 aromatic rings. The molecule has 140 valence electrons. The summed E-state index contributed by atoms with van der Waals surface area (Å²) in [5.74, 6) is 2.63. The first kappa shape index (κ1) is 19.2. The fourth-order valence-electron chi connectivity index (χ4n) is 3.54. The lowest BCUT2D eigenvalue weighted by molar-refractivity contribution is 0.467. The third kappa shape index (κ3) is 5.99. The van der Waals surface area contributed by atoms with Crippen molar-refractivity contribution in [3.8, 4) is 22.6 Å². The summed E-state index contributed by atoms with van der Waals surface area (Å²) < 4.78 is 6.08. The van der Waals surface area contributed by atoms with E-state index in [9.17, 15) is 0 Å². The predicted octanol–water partition coefficient (Wildman–Crippen LogP) is 7.90. The molecule has 0 heterocycles. The summed E-state index contributed by atoms with van der Waals surface area (Å²) in [6.07, 6.45) is 6.30. The number of aryl methyl sites for hydroxylation is 1. The molecule has 0 N–H and O–H groups in total. The fraction of sp³-hybridized carbons (Fsp3) is 0.308. The Hall–Kier alpha value is -2.54. The number of hydrogen-bond acceptors (Lipinski definition) is 1. The quantitative estimate of drug-likeness (QED) is 0.377. The van der Waals surface area contributed by atoms with Crippen LogP contribution in [0.1, 0.15) is 45.1 Å². The lowest BCUT2D eigenvalue weighted by atomic mass is 9.97. The zero-order valence-corrected chi connectivity index (χ0v) is 16.5. The monoisotopic (exact) mass is 358 g/mol. The zero-order valence-electron chi connectivity index (χ0n) is 16.5. The normalized spacial score (nSPS) is 11.9. The molecule has 0 spiro atoms. The van der Waals surface area contributed by atoms with Gasteiger partial charge in [-0.2, -0.15) is 0 Å². The van der Waals surface area contributed by atoms with Gasteiger partial charge < -0.3 is 4.74 Å². The van der Waals surface area contributed by atoms with Gasteiger partial charge in [-0.1, -0.05) is 87.7 Å². The third-order valence-corrected chi connectivity index (χ3v) is 5.04. The second kappa shape index (κ2) is 9.97. The highest BCUT2D eigenvalue weighted by molar-refractivity contribution is 5.64. The van der Waals surface area contributed by atoms with Gasteiger partial charge >= 0.3 is 0 Å². The summed E-state index contributed by atoms with van der Waals surface area (Å²) in [7, 11) is 0. The summed E-state index contributed by atoms with van der Waals surface area (Å²) in [6, 6.07) is 27.2. The Bertz CT molecular complexity index is 805. The molecule has 0 aliphatic rings. The Labute approximate surface area is 164 Å². The highest BCUT2D eigenvalue weighted by atomic mass is 16.5. The largest absolute Gasteiger partial charge is 0.457 e. The van der Waals surface area contributed by atoms with Crippen LogP contribution in [0.2, 0.25) is 0 Å². The van der Waals surface area contributed by atoms with E-state index in [1.165, 1.54) is 42.4 Å². The highest BCUT2D eigenvalue weighted by Crippen LogP contribution is 2.26. The van der Waals surface area contributed by atoms with Crippen LogP contribution < -0.4 is 4.74 Å². The van der Waals surface area contributed by atoms with E-state index in [1.54, 1.807) is 0 Å². The van der Waals surface area contributed by atoms with E-state index in [2.05, 4.69) is 68.4 Å². The van der Waals surface area contributed by atoms with Gasteiger partial charge in [0.1, 0.15) is 11.5 Å². The van der Waals surface area contributed by atoms with Gasteiger partial charge in [0.15, 0.2) is 0 Å². The summed E-state index contributed by atoms with van der Waals surface area (Å²) >= 11 is 0. The summed E-state index contributed by atoms with van der Waals surface area (Å²) in [5.41, 5.74) is 3.79. The third-order valence-electron chi connectivity index (χ3n) is 5.04. The average molecular weight is 359 g/mol. The smallest absolute Gasteiger partial charge is 0.127 e. The van der Waals surface area contributed by atoms with Crippen LogP contribution in [0, 0.1) is 5.92 Å². The minimum Gasteiger partial charge on any atom is -0.457 e. The molecule has 0 radical (unpaired) electrons. The van der Waals surface area contributed by atoms with Gasteiger partial charge in [0, 0.05) is 0 Å². The van der Waals surface area contributed by atoms with E-state index in [0.717, 1.165) is 23.8 Å². The highest BCUT2D eigenvalue weighted by Gasteiger charge is 2.04. The maximum absolute atomic E-state index is 6.08. The van der Waals surface area contributed by atoms with Crippen LogP contribution >= 0.6 is 0 Å². The van der Waals surface area contributed by atoms with E-state index < -0.39 is 0 Å². The van der Waals surface area contributed by atoms with Crippen LogP contribution in [-0.2, 0) is 6.42 Å². The lowest BCUT2D eigenvalue weighted by Gasteiger charge is -2.11. The van der Waals surface area contributed by atoms with Crippen molar-refractivity contribution in [1.82, 2.24) is 0 Å². The van der Waals surface area contributed by atoms with Crippen LogP contribution in [0.15, 0.2) is 78.9 Å². The molecule has 1 unspecified atom stereocenters. The number of hydrogen-bond donors (Lipinski definition) is 0. The topological polar surface area (TPSA) is 9.23 Å². The van der Waals surface area contributed by atoms with Gasteiger partial charge in [-0.25, -0.2) is 0 Å². The van der Waals surface area contributed by atoms with Gasteiger partial charge in [-0.05, 0) is 59.7 Å². The first-order valence-electron chi connectivity index (χ1n) is 10.2. The van der Waals surface area contributed by atoms with Crippen LogP contribution in [0.5, 0.6) is 11.5 Å². The van der Waals surface area contributed by atoms with Gasteiger partial charge in [-0.15, -0.1) is 0 Å². The second-order valence-electron chi connectivity index (χ2n) is 7.43. The summed E-state index contributed by atoms with van der Waals surface area (Å²) in [4.78, 5) is 0. The molecule has 1 atom stereocenters. The molecule has 0 saturated carbocycles. The molecule has 27 heavy (non-hydrogen) atoms. The molecule has 0 amide bonds. The number of rotatable bonds is 9. The zero-order chi connectivity index (χ0) is 18.9. The van der Waals surface area contributed by atoms with Crippen molar-refractivity contribution >= 4 is 0 Å². The first-order valence-corrected chi connectivity index (χ1v) is 10.2. The van der Waals surface area contributed by atoms with Crippen molar-refractivity contribution in [3.63, 3.8) is 0 Å². The van der Waals surface area contributed by atoms with E-state index in [-0.39, 0.29) is 0 Å². The molecule has 0 aromatic heterocycles. The molecule has 1 heteroatoms. The Balaban J connectivity index is 1.57. The molecule has 0 fully saturated rings. The van der Waals surface area contributed by atoms with Gasteiger partial charge in [0.05, 0.1) is 0 Å². The SMILES string of the molecule is CCCC(C)CCCc1cccc(Oc2ccc(-c3ccccc3)cc2)c1. The van der Waals surface area contributed by atoms with Crippen molar-refractivity contribution in [2.75, 3.05) is 0 Å². The fourth-order valence-corrected chi connectivity index (χ4v) is 3.54. The molecule has 0 aliphatic heterocycles. The molecule has 1 nitrogen and oxygen atoms in total. The second-order valence-corrected chi connectivity index (χ2v) is 7.43. The van der Waals surface area contributed by atoms with Crippen molar-refractivity contribution in [3.05, 3.63) is 84.4 Å². The van der Waals surface area contributed by atoms with Gasteiger partial charge in [0.25, 0.3) is 0 Å². The van der Waals surface area contributed by atoms with Crippen molar-refractivity contribution < 1.29 is 4.74 Å². The van der Waals surface area contributed by atoms with Crippen molar-refractivity contribution in [2.45, 2.75) is 46.0 Å². The summed E-state index contributed by atoms with van der Waals surface area (Å²) in [6.45, 7) is 4.63. The Morgan fingerprint density at radius 1 is 0.741 bits per heavy atom. The van der Waals surface area contributed by atoms with E-state index in [4.69, 9.17) is 4.74 Å². The van der Waals surface area contributed by atoms with Crippen LogP contribution in [0.3, 0.4) is 0 Å². The Kier molecular flexibility index (Phi) is 7.10. The molecular weight excluding hydrogens is 328 g/mol. The predicted molar refractivity (Wildman–Crippen MR) is 115 cm³/mol. The number of ether oxygens (including phenoxy) is 1. The standard InChI is InChI=1S/C26H30O/c1-3-9-21(2)10-7-11-22-12-8-15-26(20-22)27-25-18-16-24(17-19-25)23-13-5-4-6-14-23/h4-6,8,12-21H,3,7,9-11H2,1-2H3. The molecule has 0 bridgehead atoms. The van der Waals surface area contributed by atoms with Gasteiger partial charge in [-0.3, -0.25) is 0 Å². The Morgan fingerprint density at radius 3 is 2.22 bits per heavy atom. The molecular formula is C26H30O.